The predicted octanol–water partition coefficient (Wildman–Crippen LogP) is 1.99. The maximum atomic E-state index is 9.01. The minimum Gasteiger partial charge on any atom is -0.464 e. The highest BCUT2D eigenvalue weighted by Gasteiger charge is 2.09. The second-order valence-electron chi connectivity index (χ2n) is 4.09. The van der Waals surface area contributed by atoms with Gasteiger partial charge in [-0.15, -0.1) is 4.98 Å². The van der Waals surface area contributed by atoms with E-state index in [2.05, 4.69) is 20.3 Å². The number of anilines is 1. The molecule has 0 aliphatic carbocycles. The maximum Gasteiger partial charge on any atom is 0.330 e. The third-order valence-electron chi connectivity index (χ3n) is 2.52. The number of rotatable bonds is 7. The standard InChI is InChI=1S/C14H18N4O3/c1-3-15-12-16-13(20-4-2)18-14(17-12)21-11-7-5-10(9-19)6-8-11/h5-8,19H,3-4,9H2,1-2H3,(H,15,16,17,18). The Morgan fingerprint density at radius 3 is 2.38 bits per heavy atom. The van der Waals surface area contributed by atoms with E-state index in [9.17, 15) is 0 Å². The number of hydrogen-bond donors (Lipinski definition) is 2. The molecule has 2 N–H and O–H groups in total. The third kappa shape index (κ3) is 4.28. The summed E-state index contributed by atoms with van der Waals surface area (Å²) >= 11 is 0. The van der Waals surface area contributed by atoms with Crippen molar-refractivity contribution in [3.8, 4) is 17.8 Å². The van der Waals surface area contributed by atoms with Crippen molar-refractivity contribution in [3.05, 3.63) is 29.8 Å². The molecule has 0 spiro atoms. The largest absolute Gasteiger partial charge is 0.464 e. The van der Waals surface area contributed by atoms with Crippen LogP contribution in [0.15, 0.2) is 24.3 Å². The SMILES string of the molecule is CCNc1nc(OCC)nc(Oc2ccc(CO)cc2)n1. The molecule has 7 heteroatoms. The lowest BCUT2D eigenvalue weighted by Crippen LogP contribution is -2.07. The van der Waals surface area contributed by atoms with Gasteiger partial charge in [0.1, 0.15) is 5.75 Å². The van der Waals surface area contributed by atoms with Crippen molar-refractivity contribution >= 4 is 5.95 Å². The quantitative estimate of drug-likeness (QED) is 0.806. The van der Waals surface area contributed by atoms with Gasteiger partial charge in [-0.25, -0.2) is 0 Å². The third-order valence-corrected chi connectivity index (χ3v) is 2.52. The molecule has 21 heavy (non-hydrogen) atoms. The average molecular weight is 290 g/mol. The Labute approximate surface area is 123 Å². The molecule has 0 fully saturated rings. The van der Waals surface area contributed by atoms with Crippen molar-refractivity contribution in [2.75, 3.05) is 18.5 Å². The average Bonchev–Trinajstić information content (AvgIpc) is 2.48. The maximum absolute atomic E-state index is 9.01. The van der Waals surface area contributed by atoms with Gasteiger partial charge in [-0.2, -0.15) is 9.97 Å². The van der Waals surface area contributed by atoms with Crippen molar-refractivity contribution < 1.29 is 14.6 Å². The molecule has 0 saturated heterocycles. The van der Waals surface area contributed by atoms with E-state index in [1.807, 2.05) is 13.8 Å². The molecule has 0 saturated carbocycles. The summed E-state index contributed by atoms with van der Waals surface area (Å²) < 4.78 is 10.9. The Balaban J connectivity index is 2.20. The Hall–Kier alpha value is -2.41. The highest BCUT2D eigenvalue weighted by atomic mass is 16.5. The zero-order valence-corrected chi connectivity index (χ0v) is 12.0. The molecule has 1 aromatic heterocycles. The fourth-order valence-corrected chi connectivity index (χ4v) is 1.58. The van der Waals surface area contributed by atoms with E-state index >= 15 is 0 Å². The number of nitrogens with one attached hydrogen (secondary N) is 1. The van der Waals surface area contributed by atoms with Gasteiger partial charge in [0, 0.05) is 6.54 Å². The van der Waals surface area contributed by atoms with Crippen LogP contribution in [0.25, 0.3) is 0 Å². The monoisotopic (exact) mass is 290 g/mol. The number of aliphatic hydroxyl groups excluding tert-OH is 1. The second kappa shape index (κ2) is 7.39. The molecule has 1 aromatic carbocycles. The van der Waals surface area contributed by atoms with Crippen molar-refractivity contribution in [1.29, 1.82) is 0 Å². The van der Waals surface area contributed by atoms with Crippen molar-refractivity contribution in [2.24, 2.45) is 0 Å². The van der Waals surface area contributed by atoms with Crippen LogP contribution in [0.5, 0.6) is 17.8 Å². The molecular weight excluding hydrogens is 272 g/mol. The van der Waals surface area contributed by atoms with Gasteiger partial charge in [0.25, 0.3) is 0 Å². The molecule has 0 atom stereocenters. The fraction of sp³-hybridized carbons (Fsp3) is 0.357. The zero-order chi connectivity index (χ0) is 15.1. The lowest BCUT2D eigenvalue weighted by molar-refractivity contribution is 0.281. The van der Waals surface area contributed by atoms with Crippen LogP contribution < -0.4 is 14.8 Å². The van der Waals surface area contributed by atoms with E-state index in [0.717, 1.165) is 5.56 Å². The number of hydrogen-bond acceptors (Lipinski definition) is 7. The van der Waals surface area contributed by atoms with Crippen LogP contribution >= 0.6 is 0 Å². The first-order chi connectivity index (χ1) is 10.2. The molecule has 0 bridgehead atoms. The number of benzene rings is 1. The lowest BCUT2D eigenvalue weighted by Gasteiger charge is -2.08. The normalized spacial score (nSPS) is 10.2. The summed E-state index contributed by atoms with van der Waals surface area (Å²) in [7, 11) is 0. The number of ether oxygens (including phenoxy) is 2. The van der Waals surface area contributed by atoms with E-state index in [-0.39, 0.29) is 18.6 Å². The summed E-state index contributed by atoms with van der Waals surface area (Å²) in [6.07, 6.45) is 0. The summed E-state index contributed by atoms with van der Waals surface area (Å²) in [6, 6.07) is 7.38. The molecular formula is C14H18N4O3. The summed E-state index contributed by atoms with van der Waals surface area (Å²) in [6.45, 7) is 4.93. The van der Waals surface area contributed by atoms with Crippen LogP contribution in [-0.2, 0) is 6.61 Å². The second-order valence-corrected chi connectivity index (χ2v) is 4.09. The molecule has 112 valence electrons. The number of aliphatic hydroxyl groups is 1. The summed E-state index contributed by atoms with van der Waals surface area (Å²) in [5.41, 5.74) is 0.807. The first-order valence-corrected chi connectivity index (χ1v) is 6.75. The van der Waals surface area contributed by atoms with Gasteiger partial charge in [0.2, 0.25) is 5.95 Å². The molecule has 2 rings (SSSR count). The van der Waals surface area contributed by atoms with E-state index in [1.54, 1.807) is 24.3 Å². The fourth-order valence-electron chi connectivity index (χ4n) is 1.58. The van der Waals surface area contributed by atoms with Crippen molar-refractivity contribution in [3.63, 3.8) is 0 Å². The molecule has 0 aliphatic rings. The van der Waals surface area contributed by atoms with Gasteiger partial charge in [-0.3, -0.25) is 0 Å². The summed E-state index contributed by atoms with van der Waals surface area (Å²) in [5.74, 6) is 0.973. The molecule has 0 radical (unpaired) electrons. The molecule has 0 aliphatic heterocycles. The first-order valence-electron chi connectivity index (χ1n) is 6.75. The van der Waals surface area contributed by atoms with E-state index in [0.29, 0.717) is 24.8 Å². The Bertz CT molecular complexity index is 551. The minimum atomic E-state index is -0.00884. The van der Waals surface area contributed by atoms with Gasteiger partial charge in [-0.05, 0) is 31.5 Å². The molecule has 0 amide bonds. The summed E-state index contributed by atoms with van der Waals surface area (Å²) in [5, 5.41) is 12.0. The molecule has 1 heterocycles. The van der Waals surface area contributed by atoms with E-state index in [4.69, 9.17) is 14.6 Å². The predicted molar refractivity (Wildman–Crippen MR) is 77.6 cm³/mol. The first kappa shape index (κ1) is 15.0. The molecule has 7 nitrogen and oxygen atoms in total. The topological polar surface area (TPSA) is 89.4 Å². The summed E-state index contributed by atoms with van der Waals surface area (Å²) in [4.78, 5) is 12.4. The van der Waals surface area contributed by atoms with Gasteiger partial charge in [0.15, 0.2) is 0 Å². The molecule has 0 unspecified atom stereocenters. The van der Waals surface area contributed by atoms with Crippen LogP contribution in [0.3, 0.4) is 0 Å². The number of nitrogens with zero attached hydrogens (tertiary/aromatic N) is 3. The van der Waals surface area contributed by atoms with Crippen LogP contribution in [0, 0.1) is 0 Å². The van der Waals surface area contributed by atoms with Crippen LogP contribution in [-0.4, -0.2) is 33.2 Å². The van der Waals surface area contributed by atoms with Crippen molar-refractivity contribution in [2.45, 2.75) is 20.5 Å². The van der Waals surface area contributed by atoms with Gasteiger partial charge in [0.05, 0.1) is 13.2 Å². The van der Waals surface area contributed by atoms with Gasteiger partial charge >= 0.3 is 12.0 Å². The Morgan fingerprint density at radius 1 is 1.05 bits per heavy atom. The molecule has 2 aromatic rings. The zero-order valence-electron chi connectivity index (χ0n) is 12.0. The smallest absolute Gasteiger partial charge is 0.330 e. The Morgan fingerprint density at radius 2 is 1.76 bits per heavy atom. The van der Waals surface area contributed by atoms with Gasteiger partial charge < -0.3 is 19.9 Å². The van der Waals surface area contributed by atoms with Crippen LogP contribution in [0.2, 0.25) is 0 Å². The van der Waals surface area contributed by atoms with Crippen molar-refractivity contribution in [1.82, 2.24) is 15.0 Å². The minimum absolute atomic E-state index is 0.00884. The number of aromatic nitrogens is 3. The highest BCUT2D eigenvalue weighted by Crippen LogP contribution is 2.21. The van der Waals surface area contributed by atoms with E-state index < -0.39 is 0 Å². The van der Waals surface area contributed by atoms with Crippen LogP contribution in [0.4, 0.5) is 5.95 Å². The van der Waals surface area contributed by atoms with Gasteiger partial charge in [-0.1, -0.05) is 12.1 Å². The van der Waals surface area contributed by atoms with E-state index in [1.165, 1.54) is 0 Å². The van der Waals surface area contributed by atoms with Crippen LogP contribution in [0.1, 0.15) is 19.4 Å². The Kier molecular flexibility index (Phi) is 5.28. The highest BCUT2D eigenvalue weighted by molar-refractivity contribution is 5.31. The lowest BCUT2D eigenvalue weighted by atomic mass is 10.2.